The second-order valence-electron chi connectivity index (χ2n) is 5.09. The third-order valence-electron chi connectivity index (χ3n) is 3.75. The highest BCUT2D eigenvalue weighted by Crippen LogP contribution is 2.33. The van der Waals surface area contributed by atoms with Gasteiger partial charge in [-0.05, 0) is 31.0 Å². The van der Waals surface area contributed by atoms with Crippen LogP contribution in [0, 0.1) is 6.92 Å². The zero-order valence-corrected chi connectivity index (χ0v) is 12.0. The lowest BCUT2D eigenvalue weighted by atomic mass is 10.1. The van der Waals surface area contributed by atoms with E-state index in [9.17, 15) is 0 Å². The highest BCUT2D eigenvalue weighted by Gasteiger charge is 2.19. The van der Waals surface area contributed by atoms with Gasteiger partial charge in [-0.1, -0.05) is 0 Å². The van der Waals surface area contributed by atoms with Crippen LogP contribution in [0.15, 0.2) is 18.3 Å². The molecule has 5 heteroatoms. The molecule has 0 bridgehead atoms. The first-order valence-corrected chi connectivity index (χ1v) is 6.61. The number of hydrogen-bond donors (Lipinski definition) is 1. The second kappa shape index (κ2) is 4.67. The number of fused-ring (bicyclic) bond motifs is 1. The molecule has 2 N–H and O–H groups in total. The van der Waals surface area contributed by atoms with Gasteiger partial charge >= 0.3 is 0 Å². The number of anilines is 2. The van der Waals surface area contributed by atoms with Gasteiger partial charge in [0.15, 0.2) is 0 Å². The number of nitrogens with two attached hydrogens (primary N) is 1. The molecule has 0 aromatic carbocycles. The first-order valence-electron chi connectivity index (χ1n) is 6.61. The summed E-state index contributed by atoms with van der Waals surface area (Å²) >= 11 is 0. The average Bonchev–Trinajstić information content (AvgIpc) is 2.80. The van der Waals surface area contributed by atoms with Crippen LogP contribution in [-0.2, 0) is 6.42 Å². The van der Waals surface area contributed by atoms with E-state index in [1.54, 1.807) is 7.11 Å². The molecule has 3 rings (SSSR count). The highest BCUT2D eigenvalue weighted by atomic mass is 16.5. The summed E-state index contributed by atoms with van der Waals surface area (Å²) in [7, 11) is 3.70. The van der Waals surface area contributed by atoms with Gasteiger partial charge in [-0.2, -0.15) is 0 Å². The molecule has 0 atom stereocenters. The minimum absolute atomic E-state index is 0.511. The Balaban J connectivity index is 2.10. The van der Waals surface area contributed by atoms with Crippen molar-refractivity contribution in [2.75, 3.05) is 31.3 Å². The Hall–Kier alpha value is -2.30. The quantitative estimate of drug-likeness (QED) is 0.904. The molecule has 5 nitrogen and oxygen atoms in total. The van der Waals surface area contributed by atoms with Crippen molar-refractivity contribution in [1.82, 2.24) is 9.97 Å². The molecule has 2 aromatic rings. The average molecular weight is 270 g/mol. The number of nitrogens with zero attached hydrogens (tertiary/aromatic N) is 3. The lowest BCUT2D eigenvalue weighted by Crippen LogP contribution is -2.13. The first kappa shape index (κ1) is 12.7. The molecular weight excluding hydrogens is 252 g/mol. The van der Waals surface area contributed by atoms with Gasteiger partial charge in [-0.3, -0.25) is 0 Å². The highest BCUT2D eigenvalue weighted by molar-refractivity contribution is 5.76. The molecule has 104 valence electrons. The van der Waals surface area contributed by atoms with Crippen molar-refractivity contribution in [3.8, 4) is 16.9 Å². The maximum Gasteiger partial charge on any atom is 0.140 e. The molecule has 0 spiro atoms. The number of aryl methyl sites for hydroxylation is 1. The van der Waals surface area contributed by atoms with E-state index in [4.69, 9.17) is 10.5 Å². The number of pyridine rings is 2. The monoisotopic (exact) mass is 270 g/mol. The molecule has 20 heavy (non-hydrogen) atoms. The summed E-state index contributed by atoms with van der Waals surface area (Å²) < 4.78 is 5.33. The Labute approximate surface area is 118 Å². The minimum Gasteiger partial charge on any atom is -0.495 e. The van der Waals surface area contributed by atoms with Crippen molar-refractivity contribution >= 4 is 11.6 Å². The van der Waals surface area contributed by atoms with Gasteiger partial charge in [0.2, 0.25) is 0 Å². The Bertz CT molecular complexity index is 669. The van der Waals surface area contributed by atoms with Gasteiger partial charge in [-0.25, -0.2) is 9.97 Å². The van der Waals surface area contributed by atoms with Gasteiger partial charge in [0, 0.05) is 30.9 Å². The zero-order chi connectivity index (χ0) is 14.3. The Morgan fingerprint density at radius 1 is 1.35 bits per heavy atom. The van der Waals surface area contributed by atoms with E-state index in [-0.39, 0.29) is 0 Å². The van der Waals surface area contributed by atoms with E-state index >= 15 is 0 Å². The van der Waals surface area contributed by atoms with Crippen LogP contribution in [0.25, 0.3) is 11.1 Å². The minimum atomic E-state index is 0.511. The van der Waals surface area contributed by atoms with Crippen molar-refractivity contribution in [2.24, 2.45) is 0 Å². The number of aromatic nitrogens is 2. The first-order chi connectivity index (χ1) is 9.60. The molecule has 0 saturated carbocycles. The molecule has 0 radical (unpaired) electrons. The van der Waals surface area contributed by atoms with Crippen LogP contribution in [0.3, 0.4) is 0 Å². The lowest BCUT2D eigenvalue weighted by Gasteiger charge is -2.13. The van der Waals surface area contributed by atoms with Crippen molar-refractivity contribution in [3.63, 3.8) is 0 Å². The fourth-order valence-corrected chi connectivity index (χ4v) is 2.62. The molecule has 0 amide bonds. The van der Waals surface area contributed by atoms with Crippen molar-refractivity contribution in [2.45, 2.75) is 13.3 Å². The number of hydrogen-bond acceptors (Lipinski definition) is 5. The molecule has 0 saturated heterocycles. The summed E-state index contributed by atoms with van der Waals surface area (Å²) in [6.45, 7) is 2.89. The molecular formula is C15H18N4O. The Morgan fingerprint density at radius 3 is 2.90 bits per heavy atom. The topological polar surface area (TPSA) is 64.3 Å². The van der Waals surface area contributed by atoms with Crippen LogP contribution < -0.4 is 15.4 Å². The molecule has 0 fully saturated rings. The number of nitrogen functional groups attached to an aromatic ring is 1. The van der Waals surface area contributed by atoms with E-state index in [2.05, 4.69) is 28.0 Å². The van der Waals surface area contributed by atoms with Crippen LogP contribution in [-0.4, -0.2) is 30.7 Å². The summed E-state index contributed by atoms with van der Waals surface area (Å²) in [4.78, 5) is 11.0. The van der Waals surface area contributed by atoms with Crippen LogP contribution >= 0.6 is 0 Å². The number of rotatable bonds is 2. The Morgan fingerprint density at radius 2 is 2.15 bits per heavy atom. The standard InChI is InChI=1S/C15H18N4O/c1-9-13(20-3)7-12(14(16)18-9)11-6-10-4-5-19(2)15(10)17-8-11/h6-8H,4-5H2,1-3H3,(H2,16,18). The second-order valence-corrected chi connectivity index (χ2v) is 5.09. The maximum atomic E-state index is 6.04. The van der Waals surface area contributed by atoms with Crippen LogP contribution in [0.1, 0.15) is 11.3 Å². The fraction of sp³-hybridized carbons (Fsp3) is 0.333. The van der Waals surface area contributed by atoms with Gasteiger partial charge in [0.1, 0.15) is 17.4 Å². The van der Waals surface area contributed by atoms with Crippen LogP contribution in [0.2, 0.25) is 0 Å². The summed E-state index contributed by atoms with van der Waals surface area (Å²) in [5, 5.41) is 0. The molecule has 0 aliphatic carbocycles. The van der Waals surface area contributed by atoms with E-state index in [1.807, 2.05) is 19.2 Å². The van der Waals surface area contributed by atoms with E-state index in [0.29, 0.717) is 5.82 Å². The van der Waals surface area contributed by atoms with Crippen molar-refractivity contribution in [1.29, 1.82) is 0 Å². The van der Waals surface area contributed by atoms with Gasteiger partial charge in [0.25, 0.3) is 0 Å². The molecule has 3 heterocycles. The largest absolute Gasteiger partial charge is 0.495 e. The lowest BCUT2D eigenvalue weighted by molar-refractivity contribution is 0.409. The molecule has 1 aliphatic rings. The number of likely N-dealkylation sites (N-methyl/N-ethyl adjacent to an activating group) is 1. The van der Waals surface area contributed by atoms with Crippen LogP contribution in [0.5, 0.6) is 5.75 Å². The van der Waals surface area contributed by atoms with Crippen molar-refractivity contribution in [3.05, 3.63) is 29.6 Å². The van der Waals surface area contributed by atoms with E-state index in [1.165, 1.54) is 5.56 Å². The normalized spacial score (nSPS) is 13.4. The van der Waals surface area contributed by atoms with Crippen molar-refractivity contribution < 1.29 is 4.74 Å². The Kier molecular flexibility index (Phi) is 2.97. The van der Waals surface area contributed by atoms with E-state index in [0.717, 1.165) is 41.4 Å². The van der Waals surface area contributed by atoms with Crippen LogP contribution in [0.4, 0.5) is 11.6 Å². The molecule has 2 aromatic heterocycles. The molecule has 0 unspecified atom stereocenters. The van der Waals surface area contributed by atoms with E-state index < -0.39 is 0 Å². The zero-order valence-electron chi connectivity index (χ0n) is 12.0. The fourth-order valence-electron chi connectivity index (χ4n) is 2.62. The maximum absolute atomic E-state index is 6.04. The smallest absolute Gasteiger partial charge is 0.140 e. The molecule has 1 aliphatic heterocycles. The third kappa shape index (κ3) is 1.95. The van der Waals surface area contributed by atoms with Gasteiger partial charge in [-0.15, -0.1) is 0 Å². The summed E-state index contributed by atoms with van der Waals surface area (Å²) in [5.74, 6) is 2.31. The predicted molar refractivity (Wildman–Crippen MR) is 80.1 cm³/mol. The summed E-state index contributed by atoms with van der Waals surface area (Å²) in [5.41, 5.74) is 9.95. The third-order valence-corrected chi connectivity index (χ3v) is 3.75. The van der Waals surface area contributed by atoms with Gasteiger partial charge < -0.3 is 15.4 Å². The predicted octanol–water partition coefficient (Wildman–Crippen LogP) is 2.04. The number of ether oxygens (including phenoxy) is 1. The SMILES string of the molecule is COc1cc(-c2cnc3c(c2)CCN3C)c(N)nc1C. The van der Waals surface area contributed by atoms with Gasteiger partial charge in [0.05, 0.1) is 12.8 Å². The summed E-state index contributed by atoms with van der Waals surface area (Å²) in [6, 6.07) is 4.08. The summed E-state index contributed by atoms with van der Waals surface area (Å²) in [6.07, 6.45) is 2.87. The number of methoxy groups -OCH3 is 1.